The number of carbonyl (C=O) groups is 2. The molecular weight excluding hydrogens is 589 g/mol. The van der Waals surface area contributed by atoms with Gasteiger partial charge >= 0.3 is 0 Å². The fourth-order valence-corrected chi connectivity index (χ4v) is 6.21. The maximum Gasteiger partial charge on any atom is 0.264 e. The Kier molecular flexibility index (Phi) is 10.7. The Bertz CT molecular complexity index is 1570. The quantitative estimate of drug-likeness (QED) is 0.296. The molecule has 4 rings (SSSR count). The van der Waals surface area contributed by atoms with Gasteiger partial charge in [0.2, 0.25) is 11.8 Å². The number of carbonyl (C=O) groups excluding carboxylic acids is 2. The highest BCUT2D eigenvalue weighted by molar-refractivity contribution is 7.92. The zero-order valence-electron chi connectivity index (χ0n) is 25.3. The van der Waals surface area contributed by atoms with Gasteiger partial charge < -0.3 is 24.4 Å². The van der Waals surface area contributed by atoms with E-state index >= 15 is 0 Å². The number of hydrogen-bond donors (Lipinski definition) is 1. The largest absolute Gasteiger partial charge is 0.497 e. The minimum atomic E-state index is -4.38. The van der Waals surface area contributed by atoms with Gasteiger partial charge in [0.1, 0.15) is 37.4 Å². The Morgan fingerprint density at radius 3 is 2.34 bits per heavy atom. The molecule has 1 aliphatic rings. The Labute approximate surface area is 257 Å². The van der Waals surface area contributed by atoms with Crippen LogP contribution in [0.3, 0.4) is 0 Å². The number of ether oxygens (including phenoxy) is 3. The first kappa shape index (κ1) is 32.6. The Morgan fingerprint density at radius 2 is 1.68 bits per heavy atom. The van der Waals surface area contributed by atoms with Gasteiger partial charge in [-0.2, -0.15) is 0 Å². The lowest BCUT2D eigenvalue weighted by molar-refractivity contribution is -0.140. The second kappa shape index (κ2) is 14.4. The van der Waals surface area contributed by atoms with Crippen LogP contribution in [0.15, 0.2) is 71.6 Å². The maximum atomic E-state index is 14.2. The molecule has 0 aliphatic carbocycles. The van der Waals surface area contributed by atoms with Crippen LogP contribution in [0.1, 0.15) is 39.2 Å². The summed E-state index contributed by atoms with van der Waals surface area (Å²) in [4.78, 5) is 28.9. The van der Waals surface area contributed by atoms with Gasteiger partial charge in [0.05, 0.1) is 17.7 Å². The molecule has 2 amide bonds. The van der Waals surface area contributed by atoms with Crippen LogP contribution >= 0.6 is 0 Å². The van der Waals surface area contributed by atoms with Crippen molar-refractivity contribution in [1.82, 2.24) is 10.2 Å². The number of fused-ring (bicyclic) bond motifs is 1. The number of halogens is 1. The summed E-state index contributed by atoms with van der Waals surface area (Å²) in [6.45, 7) is 5.55. The van der Waals surface area contributed by atoms with Gasteiger partial charge in [-0.1, -0.05) is 26.0 Å². The highest BCUT2D eigenvalue weighted by Crippen LogP contribution is 2.34. The minimum Gasteiger partial charge on any atom is -0.497 e. The normalized spacial score (nSPS) is 13.8. The summed E-state index contributed by atoms with van der Waals surface area (Å²) < 4.78 is 59.5. The zero-order valence-corrected chi connectivity index (χ0v) is 26.1. The first-order valence-corrected chi connectivity index (χ1v) is 15.9. The number of hydrogen-bond acceptors (Lipinski definition) is 7. The molecule has 44 heavy (non-hydrogen) atoms. The second-order valence-electron chi connectivity index (χ2n) is 10.4. The van der Waals surface area contributed by atoms with Crippen LogP contribution < -0.4 is 23.8 Å². The molecule has 0 bridgehead atoms. The van der Waals surface area contributed by atoms with Crippen LogP contribution in [-0.2, 0) is 26.2 Å². The summed E-state index contributed by atoms with van der Waals surface area (Å²) in [6.07, 6.45) is 0.974. The van der Waals surface area contributed by atoms with Gasteiger partial charge in [0.25, 0.3) is 10.0 Å². The predicted molar refractivity (Wildman–Crippen MR) is 164 cm³/mol. The van der Waals surface area contributed by atoms with E-state index in [4.69, 9.17) is 14.2 Å². The molecule has 0 saturated heterocycles. The molecule has 3 aromatic carbocycles. The predicted octanol–water partition coefficient (Wildman–Crippen LogP) is 4.52. The zero-order chi connectivity index (χ0) is 31.9. The van der Waals surface area contributed by atoms with Crippen molar-refractivity contribution < 1.29 is 36.6 Å². The molecule has 3 aromatic rings. The maximum absolute atomic E-state index is 14.2. The Morgan fingerprint density at radius 1 is 0.977 bits per heavy atom. The molecule has 10 nitrogen and oxygen atoms in total. The van der Waals surface area contributed by atoms with Crippen LogP contribution in [0.2, 0.25) is 0 Å². The van der Waals surface area contributed by atoms with Gasteiger partial charge in [-0.25, -0.2) is 12.8 Å². The van der Waals surface area contributed by atoms with E-state index < -0.39 is 34.3 Å². The number of nitrogens with one attached hydrogen (secondary N) is 1. The molecule has 2 atom stereocenters. The van der Waals surface area contributed by atoms with Crippen molar-refractivity contribution in [3.8, 4) is 17.2 Å². The molecule has 1 aliphatic heterocycles. The van der Waals surface area contributed by atoms with E-state index in [-0.39, 0.29) is 47.9 Å². The van der Waals surface area contributed by atoms with Crippen molar-refractivity contribution in [3.63, 3.8) is 0 Å². The van der Waals surface area contributed by atoms with E-state index in [9.17, 15) is 22.4 Å². The summed E-state index contributed by atoms with van der Waals surface area (Å²) in [5.74, 6) is -0.298. The van der Waals surface area contributed by atoms with Gasteiger partial charge in [-0.3, -0.25) is 13.9 Å². The lowest BCUT2D eigenvalue weighted by atomic mass is 10.1. The standard InChI is InChI=1S/C32H38FN3O7S/c1-5-22(3)34-32(38)28(6-2)35(20-23-8-7-9-26(18-23)41-4)31(37)21-36(25-12-10-24(33)11-13-25)44(39,40)27-14-15-29-30(19-27)43-17-16-42-29/h7-15,18-19,22,28H,5-6,16-17,20-21H2,1-4H3,(H,34,38)/t22-,28+/m0/s1. The van der Waals surface area contributed by atoms with Crippen molar-refractivity contribution in [2.24, 2.45) is 0 Å². The molecule has 236 valence electrons. The van der Waals surface area contributed by atoms with Gasteiger partial charge in [0.15, 0.2) is 11.5 Å². The van der Waals surface area contributed by atoms with Gasteiger partial charge in [-0.15, -0.1) is 0 Å². The molecule has 0 aromatic heterocycles. The summed E-state index contributed by atoms with van der Waals surface area (Å²) in [7, 11) is -2.85. The summed E-state index contributed by atoms with van der Waals surface area (Å²) in [5.41, 5.74) is 0.767. The van der Waals surface area contributed by atoms with Crippen molar-refractivity contribution in [2.45, 2.75) is 57.1 Å². The number of sulfonamides is 1. The highest BCUT2D eigenvalue weighted by atomic mass is 32.2. The second-order valence-corrected chi connectivity index (χ2v) is 12.3. The molecule has 0 fully saturated rings. The van der Waals surface area contributed by atoms with E-state index in [2.05, 4.69) is 5.32 Å². The number of rotatable bonds is 13. The topological polar surface area (TPSA) is 114 Å². The average molecular weight is 628 g/mol. The Balaban J connectivity index is 1.75. The van der Waals surface area contributed by atoms with Crippen LogP contribution in [0.4, 0.5) is 10.1 Å². The minimum absolute atomic E-state index is 0.0177. The lowest BCUT2D eigenvalue weighted by Gasteiger charge is -2.34. The van der Waals surface area contributed by atoms with Crippen molar-refractivity contribution >= 4 is 27.5 Å². The number of benzene rings is 3. The van der Waals surface area contributed by atoms with E-state index in [1.165, 1.54) is 42.3 Å². The Hall–Kier alpha value is -4.32. The summed E-state index contributed by atoms with van der Waals surface area (Å²) in [5, 5.41) is 2.94. The van der Waals surface area contributed by atoms with E-state index in [1.807, 2.05) is 13.8 Å². The third-order valence-electron chi connectivity index (χ3n) is 7.37. The van der Waals surface area contributed by atoms with Crippen molar-refractivity contribution in [1.29, 1.82) is 0 Å². The average Bonchev–Trinajstić information content (AvgIpc) is 3.03. The van der Waals surface area contributed by atoms with Crippen LogP contribution in [0, 0.1) is 5.82 Å². The molecule has 0 saturated carbocycles. The van der Waals surface area contributed by atoms with Crippen molar-refractivity contribution in [3.05, 3.63) is 78.1 Å². The fraction of sp³-hybridized carbons (Fsp3) is 0.375. The molecule has 1 N–H and O–H groups in total. The summed E-state index contributed by atoms with van der Waals surface area (Å²) in [6, 6.07) is 15.1. The summed E-state index contributed by atoms with van der Waals surface area (Å²) >= 11 is 0. The van der Waals surface area contributed by atoms with Crippen LogP contribution in [-0.4, -0.2) is 64.1 Å². The molecule has 1 heterocycles. The molecular formula is C32H38FN3O7S. The smallest absolute Gasteiger partial charge is 0.264 e. The molecule has 0 spiro atoms. The number of anilines is 1. The molecule has 12 heteroatoms. The van der Waals surface area contributed by atoms with Crippen molar-refractivity contribution in [2.75, 3.05) is 31.2 Å². The first-order valence-electron chi connectivity index (χ1n) is 14.5. The fourth-order valence-electron chi connectivity index (χ4n) is 4.78. The van der Waals surface area contributed by atoms with E-state index in [0.717, 1.165) is 16.4 Å². The highest BCUT2D eigenvalue weighted by Gasteiger charge is 2.34. The van der Waals surface area contributed by atoms with Gasteiger partial charge in [-0.05, 0) is 73.9 Å². The van der Waals surface area contributed by atoms with Gasteiger partial charge in [0, 0.05) is 18.7 Å². The molecule has 0 radical (unpaired) electrons. The third kappa shape index (κ3) is 7.60. The SMILES string of the molecule is CC[C@H](C(=O)N[C@@H](C)CC)N(Cc1cccc(OC)c1)C(=O)CN(c1ccc(F)cc1)S(=O)(=O)c1ccc2c(c1)OCCO2. The van der Waals surface area contributed by atoms with Crippen LogP contribution in [0.5, 0.6) is 17.2 Å². The first-order chi connectivity index (χ1) is 21.1. The third-order valence-corrected chi connectivity index (χ3v) is 9.14. The molecule has 0 unspecified atom stereocenters. The monoisotopic (exact) mass is 627 g/mol. The number of amides is 2. The number of nitrogens with zero attached hydrogens (tertiary/aromatic N) is 2. The van der Waals surface area contributed by atoms with E-state index in [0.29, 0.717) is 30.1 Å². The van der Waals surface area contributed by atoms with Crippen LogP contribution in [0.25, 0.3) is 0 Å². The number of methoxy groups -OCH3 is 1. The van der Waals surface area contributed by atoms with E-state index in [1.54, 1.807) is 31.2 Å². The lowest BCUT2D eigenvalue weighted by Crippen LogP contribution is -2.53.